The van der Waals surface area contributed by atoms with Crippen molar-refractivity contribution in [2.75, 3.05) is 17.9 Å². The normalized spacial score (nSPS) is 19.7. The zero-order chi connectivity index (χ0) is 16.4. The van der Waals surface area contributed by atoms with Gasteiger partial charge in [-0.2, -0.15) is 8.42 Å². The summed E-state index contributed by atoms with van der Waals surface area (Å²) in [5.41, 5.74) is 4.20. The van der Waals surface area contributed by atoms with Gasteiger partial charge in [0.05, 0.1) is 18.6 Å². The van der Waals surface area contributed by atoms with Gasteiger partial charge in [-0.15, -0.1) is 0 Å². The predicted octanol–water partition coefficient (Wildman–Crippen LogP) is 2.98. The maximum Gasteiger partial charge on any atom is 0.264 e. The Morgan fingerprint density at radius 2 is 2.04 bits per heavy atom. The summed E-state index contributed by atoms with van der Waals surface area (Å²) in [6, 6.07) is 7.89. The first-order valence-corrected chi connectivity index (χ1v) is 9.08. The number of benzene rings is 1. The summed E-state index contributed by atoms with van der Waals surface area (Å²) in [6.07, 6.45) is 8.99. The Hall–Kier alpha value is -1.89. The summed E-state index contributed by atoms with van der Waals surface area (Å²) in [5.74, 6) is -0.232. The first-order chi connectivity index (χ1) is 11.0. The number of nitrogens with zero attached hydrogens (tertiary/aromatic N) is 1. The standard InChI is InChI=1S/C17H19NO4S/c1-22-18-16-10-4-2-7-14(16)13(9-6-12-23(19,20)21)15-8-3-5-11-17(15)18/h2-5,7-8,10-11,16H,6,9,12H2,1H3,(H,19,20,21). The number of hydroxylamine groups is 1. The highest BCUT2D eigenvalue weighted by atomic mass is 32.2. The molecule has 1 aromatic rings. The molecule has 5 nitrogen and oxygen atoms in total. The molecule has 6 heteroatoms. The van der Waals surface area contributed by atoms with Crippen molar-refractivity contribution < 1.29 is 17.8 Å². The van der Waals surface area contributed by atoms with Crippen molar-refractivity contribution in [3.05, 3.63) is 59.7 Å². The average Bonchev–Trinajstić information content (AvgIpc) is 2.53. The summed E-state index contributed by atoms with van der Waals surface area (Å²) in [4.78, 5) is 5.57. The lowest BCUT2D eigenvalue weighted by Gasteiger charge is -2.38. The van der Waals surface area contributed by atoms with Crippen LogP contribution in [0.25, 0.3) is 5.57 Å². The Morgan fingerprint density at radius 1 is 1.26 bits per heavy atom. The van der Waals surface area contributed by atoms with Gasteiger partial charge in [0, 0.05) is 5.56 Å². The molecule has 0 fully saturated rings. The van der Waals surface area contributed by atoms with Gasteiger partial charge in [-0.1, -0.05) is 42.5 Å². The van der Waals surface area contributed by atoms with Crippen molar-refractivity contribution in [1.29, 1.82) is 0 Å². The molecule has 0 saturated carbocycles. The molecule has 1 atom stereocenters. The van der Waals surface area contributed by atoms with E-state index in [2.05, 4.69) is 6.08 Å². The van der Waals surface area contributed by atoms with E-state index in [0.717, 1.165) is 22.4 Å². The predicted molar refractivity (Wildman–Crippen MR) is 90.6 cm³/mol. The molecule has 23 heavy (non-hydrogen) atoms. The van der Waals surface area contributed by atoms with Crippen molar-refractivity contribution >= 4 is 21.4 Å². The lowest BCUT2D eigenvalue weighted by Crippen LogP contribution is -2.38. The summed E-state index contributed by atoms with van der Waals surface area (Å²) in [5, 5.41) is 1.86. The fourth-order valence-electron chi connectivity index (χ4n) is 3.16. The van der Waals surface area contributed by atoms with E-state index in [1.807, 2.05) is 47.6 Å². The molecule has 0 aromatic heterocycles. The summed E-state index contributed by atoms with van der Waals surface area (Å²) in [7, 11) is -2.29. The molecule has 1 unspecified atom stereocenters. The van der Waals surface area contributed by atoms with Crippen LogP contribution in [0.15, 0.2) is 54.1 Å². The van der Waals surface area contributed by atoms with Crippen LogP contribution < -0.4 is 5.06 Å². The van der Waals surface area contributed by atoms with Gasteiger partial charge in [0.25, 0.3) is 10.1 Å². The fraction of sp³-hybridized carbons (Fsp3) is 0.294. The van der Waals surface area contributed by atoms with Crippen LogP contribution >= 0.6 is 0 Å². The molecule has 122 valence electrons. The Kier molecular flexibility index (Phi) is 4.39. The van der Waals surface area contributed by atoms with Crippen molar-refractivity contribution in [3.8, 4) is 0 Å². The van der Waals surface area contributed by atoms with Gasteiger partial charge in [0.15, 0.2) is 0 Å². The number of fused-ring (bicyclic) bond motifs is 2. The number of anilines is 1. The first-order valence-electron chi connectivity index (χ1n) is 7.47. The van der Waals surface area contributed by atoms with E-state index in [4.69, 9.17) is 9.39 Å². The van der Waals surface area contributed by atoms with E-state index < -0.39 is 10.1 Å². The minimum Gasteiger partial charge on any atom is -0.286 e. The van der Waals surface area contributed by atoms with Gasteiger partial charge in [0.1, 0.15) is 6.04 Å². The molecule has 0 bridgehead atoms. The molecule has 1 aliphatic carbocycles. The topological polar surface area (TPSA) is 66.8 Å². The lowest BCUT2D eigenvalue weighted by molar-refractivity contribution is 0.158. The van der Waals surface area contributed by atoms with Gasteiger partial charge >= 0.3 is 0 Å². The fourth-order valence-corrected chi connectivity index (χ4v) is 3.67. The number of hydrogen-bond acceptors (Lipinski definition) is 4. The monoisotopic (exact) mass is 333 g/mol. The van der Waals surface area contributed by atoms with Crippen LogP contribution in [0.1, 0.15) is 18.4 Å². The number of para-hydroxylation sites is 1. The maximum absolute atomic E-state index is 11.0. The van der Waals surface area contributed by atoms with Crippen LogP contribution in [-0.2, 0) is 15.0 Å². The van der Waals surface area contributed by atoms with E-state index in [1.165, 1.54) is 0 Å². The van der Waals surface area contributed by atoms with Crippen LogP contribution in [-0.4, -0.2) is 31.9 Å². The maximum atomic E-state index is 11.0. The largest absolute Gasteiger partial charge is 0.286 e. The van der Waals surface area contributed by atoms with Gasteiger partial charge in [-0.25, -0.2) is 5.06 Å². The molecule has 0 saturated heterocycles. The van der Waals surface area contributed by atoms with Gasteiger partial charge in [-0.3, -0.25) is 9.39 Å². The number of hydrogen-bond donors (Lipinski definition) is 1. The summed E-state index contributed by atoms with van der Waals surface area (Å²) < 4.78 is 30.9. The molecule has 1 aliphatic heterocycles. The van der Waals surface area contributed by atoms with Crippen molar-refractivity contribution in [1.82, 2.24) is 0 Å². The molecular weight excluding hydrogens is 314 g/mol. The third-order valence-corrected chi connectivity index (χ3v) is 4.90. The third kappa shape index (κ3) is 3.24. The highest BCUT2D eigenvalue weighted by Crippen LogP contribution is 2.42. The molecule has 2 aliphatic rings. The van der Waals surface area contributed by atoms with Crippen LogP contribution in [0, 0.1) is 0 Å². The zero-order valence-corrected chi connectivity index (χ0v) is 13.7. The molecule has 1 heterocycles. The Bertz CT molecular complexity index is 793. The molecule has 0 radical (unpaired) electrons. The molecule has 3 rings (SSSR count). The minimum atomic E-state index is -3.94. The van der Waals surface area contributed by atoms with Gasteiger partial charge in [0.2, 0.25) is 0 Å². The van der Waals surface area contributed by atoms with E-state index in [1.54, 1.807) is 7.11 Å². The third-order valence-electron chi connectivity index (χ3n) is 4.09. The summed E-state index contributed by atoms with van der Waals surface area (Å²) in [6.45, 7) is 0. The summed E-state index contributed by atoms with van der Waals surface area (Å²) >= 11 is 0. The molecule has 1 aromatic carbocycles. The quantitative estimate of drug-likeness (QED) is 0.839. The van der Waals surface area contributed by atoms with E-state index in [9.17, 15) is 8.42 Å². The van der Waals surface area contributed by atoms with Crippen molar-refractivity contribution in [2.45, 2.75) is 18.9 Å². The van der Waals surface area contributed by atoms with Crippen LogP contribution in [0.3, 0.4) is 0 Å². The molecule has 0 amide bonds. The second-order valence-corrected chi connectivity index (χ2v) is 7.11. The smallest absolute Gasteiger partial charge is 0.264 e. The highest BCUT2D eigenvalue weighted by molar-refractivity contribution is 7.85. The van der Waals surface area contributed by atoms with Crippen molar-refractivity contribution in [3.63, 3.8) is 0 Å². The SMILES string of the molecule is CON1c2ccccc2C(CCCS(=O)(=O)O)=C2C=CC=CC21. The second-order valence-electron chi connectivity index (χ2n) is 5.54. The lowest BCUT2D eigenvalue weighted by atomic mass is 9.85. The zero-order valence-electron chi connectivity index (χ0n) is 12.8. The molecule has 0 spiro atoms. The Balaban J connectivity index is 2.01. The van der Waals surface area contributed by atoms with E-state index in [0.29, 0.717) is 12.8 Å². The molecular formula is C17H19NO4S. The van der Waals surface area contributed by atoms with Crippen LogP contribution in [0.2, 0.25) is 0 Å². The van der Waals surface area contributed by atoms with Gasteiger partial charge < -0.3 is 0 Å². The van der Waals surface area contributed by atoms with E-state index >= 15 is 0 Å². The van der Waals surface area contributed by atoms with Crippen LogP contribution in [0.5, 0.6) is 0 Å². The Labute approximate surface area is 136 Å². The van der Waals surface area contributed by atoms with E-state index in [-0.39, 0.29) is 11.8 Å². The molecule has 1 N–H and O–H groups in total. The first kappa shape index (κ1) is 16.0. The minimum absolute atomic E-state index is 0.0272. The Morgan fingerprint density at radius 3 is 2.78 bits per heavy atom. The number of allylic oxidation sites excluding steroid dienone is 3. The number of rotatable bonds is 5. The average molecular weight is 333 g/mol. The highest BCUT2D eigenvalue weighted by Gasteiger charge is 2.31. The van der Waals surface area contributed by atoms with Crippen molar-refractivity contribution in [2.24, 2.45) is 0 Å². The second kappa shape index (κ2) is 6.31. The van der Waals surface area contributed by atoms with Gasteiger partial charge in [-0.05, 0) is 30.1 Å². The van der Waals surface area contributed by atoms with Crippen LogP contribution in [0.4, 0.5) is 5.69 Å².